The van der Waals surface area contributed by atoms with Crippen LogP contribution in [0.2, 0.25) is 0 Å². The van der Waals surface area contributed by atoms with Crippen molar-refractivity contribution in [1.29, 1.82) is 0 Å². The summed E-state index contributed by atoms with van der Waals surface area (Å²) in [4.78, 5) is 40.4. The zero-order valence-corrected chi connectivity index (χ0v) is 19.9. The Kier molecular flexibility index (Phi) is 9.42. The van der Waals surface area contributed by atoms with Gasteiger partial charge >= 0.3 is 18.2 Å². The van der Waals surface area contributed by atoms with Gasteiger partial charge in [0.15, 0.2) is 5.82 Å². The molecular formula is C21H20BrF4N3O6. The molecule has 0 aliphatic rings. The van der Waals surface area contributed by atoms with Gasteiger partial charge in [-0.1, -0.05) is 46.3 Å². The van der Waals surface area contributed by atoms with Crippen LogP contribution in [-0.2, 0) is 27.6 Å². The second-order valence-corrected chi connectivity index (χ2v) is 7.82. The van der Waals surface area contributed by atoms with Gasteiger partial charge in [-0.2, -0.15) is 13.2 Å². The van der Waals surface area contributed by atoms with Crippen LogP contribution in [0, 0.1) is 5.82 Å². The summed E-state index contributed by atoms with van der Waals surface area (Å²) in [5.74, 6) is -5.06. The van der Waals surface area contributed by atoms with Gasteiger partial charge in [-0.15, -0.1) is 0 Å². The van der Waals surface area contributed by atoms with Crippen molar-refractivity contribution in [2.24, 2.45) is 0 Å². The number of alkyl halides is 3. The van der Waals surface area contributed by atoms with Crippen molar-refractivity contribution in [3.8, 4) is 5.75 Å². The minimum atomic E-state index is -5.33. The van der Waals surface area contributed by atoms with Crippen LogP contribution in [-0.4, -0.2) is 59.9 Å². The lowest BCUT2D eigenvalue weighted by molar-refractivity contribution is -0.169. The summed E-state index contributed by atoms with van der Waals surface area (Å²) in [6, 6.07) is 9.52. The first-order valence-electron chi connectivity index (χ1n) is 9.69. The number of hydrogen-bond donors (Lipinski definition) is 2. The average molecular weight is 566 g/mol. The number of nitrogens with one attached hydrogen (secondary N) is 1. The molecule has 0 fully saturated rings. The summed E-state index contributed by atoms with van der Waals surface area (Å²) >= 11 is 3.06. The molecule has 190 valence electrons. The average Bonchev–Trinajstić information content (AvgIpc) is 2.80. The van der Waals surface area contributed by atoms with Gasteiger partial charge in [0.05, 0.1) is 13.7 Å². The molecule has 0 saturated carbocycles. The van der Waals surface area contributed by atoms with Crippen LogP contribution in [0.5, 0.6) is 5.75 Å². The van der Waals surface area contributed by atoms with E-state index in [2.05, 4.69) is 20.8 Å². The van der Waals surface area contributed by atoms with Crippen molar-refractivity contribution in [1.82, 2.24) is 9.96 Å². The molecule has 0 aliphatic heterocycles. The molecule has 2 aromatic rings. The van der Waals surface area contributed by atoms with Crippen molar-refractivity contribution < 1.29 is 46.6 Å². The molecule has 0 radical (unpaired) electrons. The number of carbonyl (C=O) groups excluding carboxylic acids is 2. The minimum absolute atomic E-state index is 0.0677. The number of hydroxylamine groups is 2. The van der Waals surface area contributed by atoms with Gasteiger partial charge in [0.1, 0.15) is 24.6 Å². The molecule has 0 aliphatic carbocycles. The lowest BCUT2D eigenvalue weighted by atomic mass is 10.1. The summed E-state index contributed by atoms with van der Waals surface area (Å²) in [5, 5.41) is 11.6. The van der Waals surface area contributed by atoms with Crippen molar-refractivity contribution in [3.63, 3.8) is 0 Å². The van der Waals surface area contributed by atoms with E-state index in [1.807, 2.05) is 0 Å². The first kappa shape index (κ1) is 27.9. The van der Waals surface area contributed by atoms with E-state index < -0.39 is 60.0 Å². The van der Waals surface area contributed by atoms with Crippen molar-refractivity contribution >= 4 is 39.5 Å². The van der Waals surface area contributed by atoms with Crippen LogP contribution >= 0.6 is 15.9 Å². The molecule has 2 rings (SSSR count). The van der Waals surface area contributed by atoms with Crippen LogP contribution in [0.1, 0.15) is 11.1 Å². The molecule has 0 aromatic heterocycles. The van der Waals surface area contributed by atoms with Crippen LogP contribution in [0.25, 0.3) is 0 Å². The molecule has 0 heterocycles. The van der Waals surface area contributed by atoms with E-state index in [0.717, 1.165) is 11.1 Å². The molecule has 0 spiro atoms. The quantitative estimate of drug-likeness (QED) is 0.349. The topological polar surface area (TPSA) is 108 Å². The van der Waals surface area contributed by atoms with E-state index >= 15 is 4.39 Å². The predicted molar refractivity (Wildman–Crippen MR) is 118 cm³/mol. The van der Waals surface area contributed by atoms with E-state index in [0.29, 0.717) is 10.5 Å². The smallest absolute Gasteiger partial charge is 0.471 e. The maximum Gasteiger partial charge on any atom is 0.471 e. The molecule has 35 heavy (non-hydrogen) atoms. The van der Waals surface area contributed by atoms with Crippen LogP contribution in [0.3, 0.4) is 0 Å². The minimum Gasteiger partial charge on any atom is -0.487 e. The predicted octanol–water partition coefficient (Wildman–Crippen LogP) is 4.17. The highest BCUT2D eigenvalue weighted by atomic mass is 79.9. The van der Waals surface area contributed by atoms with Gasteiger partial charge < -0.3 is 15.2 Å². The Morgan fingerprint density at radius 1 is 1.17 bits per heavy atom. The number of carboxylic acid groups (broad SMARTS) is 1. The molecular weight excluding hydrogens is 546 g/mol. The van der Waals surface area contributed by atoms with Gasteiger partial charge in [-0.3, -0.25) is 19.3 Å². The molecule has 9 nitrogen and oxygen atoms in total. The first-order valence-corrected chi connectivity index (χ1v) is 10.5. The Labute approximate surface area is 205 Å². The second-order valence-electron chi connectivity index (χ2n) is 6.96. The third kappa shape index (κ3) is 7.55. The monoisotopic (exact) mass is 565 g/mol. The zero-order chi connectivity index (χ0) is 26.3. The van der Waals surface area contributed by atoms with Crippen molar-refractivity contribution in [2.75, 3.05) is 26.0 Å². The van der Waals surface area contributed by atoms with Gasteiger partial charge in [0, 0.05) is 17.1 Å². The fourth-order valence-corrected chi connectivity index (χ4v) is 3.19. The molecule has 2 N–H and O–H groups in total. The number of carbonyl (C=O) groups is 3. The maximum absolute atomic E-state index is 15.4. The molecule has 2 aromatic carbocycles. The third-order valence-corrected chi connectivity index (χ3v) is 5.29. The van der Waals surface area contributed by atoms with Crippen LogP contribution in [0.15, 0.2) is 40.9 Å². The second kappa shape index (κ2) is 11.8. The Balaban J connectivity index is 2.45. The number of anilines is 1. The van der Waals surface area contributed by atoms with Gasteiger partial charge in [-0.25, -0.2) is 14.2 Å². The molecule has 14 heteroatoms. The molecule has 0 unspecified atom stereocenters. The molecule has 3 amide bonds. The normalized spacial score (nSPS) is 11.1. The number of likely N-dealkylation sites (N-methyl/N-ethyl adjacent to an activating group) is 1. The summed E-state index contributed by atoms with van der Waals surface area (Å²) in [7, 11) is 2.39. The third-order valence-electron chi connectivity index (χ3n) is 4.58. The Hall–Kier alpha value is -3.39. The van der Waals surface area contributed by atoms with Gasteiger partial charge in [-0.05, 0) is 11.6 Å². The number of amides is 3. The Morgan fingerprint density at radius 2 is 1.80 bits per heavy atom. The standard InChI is InChI=1S/C21H20BrF4N3O6/c1-28(34-2)16(30)10-29(20(32)33)9-13-14(22)8-15(35-11-12-6-4-3-5-7-12)18(17(13)23)27-19(31)21(24,25)26/h3-8H,9-11H2,1-2H3,(H,27,31)(H,32,33). The van der Waals surface area contributed by atoms with Gasteiger partial charge in [0.2, 0.25) is 0 Å². The highest BCUT2D eigenvalue weighted by Gasteiger charge is 2.40. The number of hydrogen-bond acceptors (Lipinski definition) is 5. The van der Waals surface area contributed by atoms with E-state index in [1.165, 1.54) is 19.5 Å². The van der Waals surface area contributed by atoms with Gasteiger partial charge in [0.25, 0.3) is 5.91 Å². The first-order chi connectivity index (χ1) is 16.3. The number of nitrogens with zero attached hydrogens (tertiary/aromatic N) is 2. The number of benzene rings is 2. The Morgan fingerprint density at radius 3 is 2.34 bits per heavy atom. The number of halogens is 5. The summed E-state index contributed by atoms with van der Waals surface area (Å²) in [5.41, 5.74) is -0.768. The highest BCUT2D eigenvalue weighted by Crippen LogP contribution is 2.37. The summed E-state index contributed by atoms with van der Waals surface area (Å²) in [6.07, 6.45) is -6.94. The lowest BCUT2D eigenvalue weighted by Crippen LogP contribution is -2.40. The fourth-order valence-electron chi connectivity index (χ4n) is 2.68. The van der Waals surface area contributed by atoms with Crippen LogP contribution < -0.4 is 10.1 Å². The Bertz CT molecular complexity index is 1080. The van der Waals surface area contributed by atoms with Crippen molar-refractivity contribution in [2.45, 2.75) is 19.3 Å². The lowest BCUT2D eigenvalue weighted by Gasteiger charge is -2.24. The largest absolute Gasteiger partial charge is 0.487 e. The number of rotatable bonds is 9. The fraction of sp³-hybridized carbons (Fsp3) is 0.286. The van der Waals surface area contributed by atoms with Crippen molar-refractivity contribution in [3.05, 3.63) is 57.8 Å². The number of ether oxygens (including phenoxy) is 1. The van der Waals surface area contributed by atoms with E-state index in [1.54, 1.807) is 30.3 Å². The van der Waals surface area contributed by atoms with E-state index in [-0.39, 0.29) is 11.1 Å². The zero-order valence-electron chi connectivity index (χ0n) is 18.4. The highest BCUT2D eigenvalue weighted by molar-refractivity contribution is 9.10. The maximum atomic E-state index is 15.4. The SMILES string of the molecule is CON(C)C(=O)CN(Cc1c(Br)cc(OCc2ccccc2)c(NC(=O)C(F)(F)F)c1F)C(=O)O. The molecule has 0 atom stereocenters. The summed E-state index contributed by atoms with van der Waals surface area (Å²) in [6.45, 7) is -1.67. The van der Waals surface area contributed by atoms with E-state index in [9.17, 15) is 32.7 Å². The summed E-state index contributed by atoms with van der Waals surface area (Å²) < 4.78 is 59.4. The van der Waals surface area contributed by atoms with E-state index in [4.69, 9.17) is 4.74 Å². The van der Waals surface area contributed by atoms with Crippen LogP contribution in [0.4, 0.5) is 28.0 Å². The molecule has 0 bridgehead atoms. The molecule has 0 saturated heterocycles.